The van der Waals surface area contributed by atoms with E-state index >= 15 is 0 Å². The number of para-hydroxylation sites is 2. The number of rotatable bonds is 4. The number of nitrogen functional groups attached to an aromatic ring is 1. The zero-order valence-electron chi connectivity index (χ0n) is 15.2. The first-order valence-corrected chi connectivity index (χ1v) is 8.68. The summed E-state index contributed by atoms with van der Waals surface area (Å²) in [4.78, 5) is 13.2. The number of hydrogen-bond acceptors (Lipinski definition) is 6. The Labute approximate surface area is 157 Å². The lowest BCUT2D eigenvalue weighted by atomic mass is 10.1. The van der Waals surface area contributed by atoms with Crippen molar-refractivity contribution < 1.29 is 0 Å². The molecule has 0 aliphatic carbocycles. The van der Waals surface area contributed by atoms with Crippen LogP contribution in [0.3, 0.4) is 0 Å². The lowest BCUT2D eigenvalue weighted by Crippen LogP contribution is -2.06. The molecule has 0 saturated carbocycles. The fourth-order valence-corrected chi connectivity index (χ4v) is 2.91. The van der Waals surface area contributed by atoms with E-state index in [0.29, 0.717) is 17.3 Å². The molecule has 0 aliphatic rings. The Kier molecular flexibility index (Phi) is 4.30. The molecule has 2 aromatic carbocycles. The van der Waals surface area contributed by atoms with Crippen molar-refractivity contribution in [3.63, 3.8) is 0 Å². The van der Waals surface area contributed by atoms with Gasteiger partial charge in [-0.25, -0.2) is 9.97 Å². The molecule has 2 aromatic heterocycles. The van der Waals surface area contributed by atoms with E-state index in [2.05, 4.69) is 31.7 Å². The van der Waals surface area contributed by atoms with Crippen LogP contribution in [0.25, 0.3) is 10.9 Å². The molecule has 4 N–H and O–H groups in total. The summed E-state index contributed by atoms with van der Waals surface area (Å²) >= 11 is 0. The van der Waals surface area contributed by atoms with Gasteiger partial charge in [0, 0.05) is 16.8 Å². The molecule has 0 atom stereocenters. The van der Waals surface area contributed by atoms with Gasteiger partial charge in [-0.05, 0) is 37.6 Å². The Morgan fingerprint density at radius 2 is 1.48 bits per heavy atom. The van der Waals surface area contributed by atoms with Gasteiger partial charge in [0.2, 0.25) is 0 Å². The Hall–Kier alpha value is -3.67. The summed E-state index contributed by atoms with van der Waals surface area (Å²) in [6.45, 7) is 4.00. The molecule has 0 fully saturated rings. The minimum atomic E-state index is 0.449. The fourth-order valence-electron chi connectivity index (χ4n) is 2.91. The number of aryl methyl sites for hydroxylation is 2. The van der Waals surface area contributed by atoms with Crippen LogP contribution in [0.2, 0.25) is 0 Å². The standard InChI is InChI=1S/C21H20N6/c1-13-6-3-4-8-16(13)26-20-18(22)21(24-12-23-20)27-17-9-5-7-15-11-10-14(2)25-19(15)17/h3-12H,22H2,1-2H3,(H2,23,24,26,27). The maximum absolute atomic E-state index is 6.33. The zero-order chi connectivity index (χ0) is 18.8. The highest BCUT2D eigenvalue weighted by molar-refractivity contribution is 5.93. The predicted octanol–water partition coefficient (Wildman–Crippen LogP) is 4.71. The van der Waals surface area contributed by atoms with Gasteiger partial charge in [-0.2, -0.15) is 0 Å². The molecule has 0 amide bonds. The third-order valence-corrected chi connectivity index (χ3v) is 4.39. The largest absolute Gasteiger partial charge is 0.393 e. The van der Waals surface area contributed by atoms with Crippen molar-refractivity contribution in [2.45, 2.75) is 13.8 Å². The average molecular weight is 356 g/mol. The molecule has 0 unspecified atom stereocenters. The normalized spacial score (nSPS) is 10.7. The maximum atomic E-state index is 6.33. The number of hydrogen-bond donors (Lipinski definition) is 3. The van der Waals surface area contributed by atoms with E-state index in [1.165, 1.54) is 6.33 Å². The van der Waals surface area contributed by atoms with Crippen LogP contribution in [0, 0.1) is 13.8 Å². The predicted molar refractivity (Wildman–Crippen MR) is 111 cm³/mol. The van der Waals surface area contributed by atoms with Gasteiger partial charge in [-0.1, -0.05) is 36.4 Å². The van der Waals surface area contributed by atoms with Crippen LogP contribution >= 0.6 is 0 Å². The van der Waals surface area contributed by atoms with Crippen LogP contribution in [0.4, 0.5) is 28.7 Å². The highest BCUT2D eigenvalue weighted by Crippen LogP contribution is 2.31. The summed E-state index contributed by atoms with van der Waals surface area (Å²) in [7, 11) is 0. The molecule has 2 heterocycles. The number of nitrogens with two attached hydrogens (primary N) is 1. The number of fused-ring (bicyclic) bond motifs is 1. The Bertz CT molecular complexity index is 1120. The van der Waals surface area contributed by atoms with Crippen molar-refractivity contribution in [2.24, 2.45) is 0 Å². The summed E-state index contributed by atoms with van der Waals surface area (Å²) in [5.41, 5.74) is 11.5. The Balaban J connectivity index is 1.70. The monoisotopic (exact) mass is 356 g/mol. The molecule has 0 bridgehead atoms. The van der Waals surface area contributed by atoms with Crippen molar-refractivity contribution in [2.75, 3.05) is 16.4 Å². The van der Waals surface area contributed by atoms with Gasteiger partial charge < -0.3 is 16.4 Å². The number of pyridine rings is 1. The molecular weight excluding hydrogens is 336 g/mol. The van der Waals surface area contributed by atoms with Crippen LogP contribution in [-0.4, -0.2) is 15.0 Å². The minimum absolute atomic E-state index is 0.449. The van der Waals surface area contributed by atoms with Gasteiger partial charge >= 0.3 is 0 Å². The van der Waals surface area contributed by atoms with Gasteiger partial charge in [0.05, 0.1) is 11.2 Å². The van der Waals surface area contributed by atoms with Crippen molar-refractivity contribution in [3.05, 3.63) is 72.2 Å². The van der Waals surface area contributed by atoms with Gasteiger partial charge in [-0.15, -0.1) is 0 Å². The van der Waals surface area contributed by atoms with Crippen LogP contribution in [-0.2, 0) is 0 Å². The van der Waals surface area contributed by atoms with Crippen LogP contribution in [0.1, 0.15) is 11.3 Å². The average Bonchev–Trinajstić information content (AvgIpc) is 2.67. The molecule has 4 aromatic rings. The van der Waals surface area contributed by atoms with Gasteiger partial charge in [0.15, 0.2) is 11.6 Å². The molecule has 0 aliphatic heterocycles. The summed E-state index contributed by atoms with van der Waals surface area (Å²) in [6.07, 6.45) is 1.49. The lowest BCUT2D eigenvalue weighted by molar-refractivity contribution is 1.17. The van der Waals surface area contributed by atoms with E-state index in [1.54, 1.807) is 0 Å². The fraction of sp³-hybridized carbons (Fsp3) is 0.0952. The number of anilines is 5. The van der Waals surface area contributed by atoms with E-state index in [0.717, 1.165) is 33.5 Å². The third-order valence-electron chi connectivity index (χ3n) is 4.39. The van der Waals surface area contributed by atoms with E-state index < -0.39 is 0 Å². The molecule has 0 spiro atoms. The van der Waals surface area contributed by atoms with Crippen molar-refractivity contribution in [1.29, 1.82) is 0 Å². The Morgan fingerprint density at radius 1 is 0.778 bits per heavy atom. The molecule has 27 heavy (non-hydrogen) atoms. The molecule has 0 saturated heterocycles. The first-order chi connectivity index (χ1) is 13.1. The van der Waals surface area contributed by atoms with Gasteiger partial charge in [0.25, 0.3) is 0 Å². The van der Waals surface area contributed by atoms with E-state index in [4.69, 9.17) is 5.73 Å². The zero-order valence-corrected chi connectivity index (χ0v) is 15.2. The van der Waals surface area contributed by atoms with Crippen LogP contribution in [0.5, 0.6) is 0 Å². The van der Waals surface area contributed by atoms with Gasteiger partial charge in [-0.3, -0.25) is 4.98 Å². The number of nitrogens with one attached hydrogen (secondary N) is 2. The third kappa shape index (κ3) is 3.37. The molecule has 6 nitrogen and oxygen atoms in total. The minimum Gasteiger partial charge on any atom is -0.393 e. The number of nitrogens with zero attached hydrogens (tertiary/aromatic N) is 3. The summed E-state index contributed by atoms with van der Waals surface area (Å²) in [5, 5.41) is 7.64. The topological polar surface area (TPSA) is 88.8 Å². The van der Waals surface area contributed by atoms with Crippen LogP contribution < -0.4 is 16.4 Å². The SMILES string of the molecule is Cc1ccc2cccc(Nc3ncnc(Nc4ccccc4C)c3N)c2n1. The first kappa shape index (κ1) is 16.8. The second-order valence-corrected chi connectivity index (χ2v) is 6.38. The smallest absolute Gasteiger partial charge is 0.159 e. The van der Waals surface area contributed by atoms with Crippen molar-refractivity contribution >= 4 is 39.6 Å². The first-order valence-electron chi connectivity index (χ1n) is 8.68. The van der Waals surface area contributed by atoms with Crippen LogP contribution in [0.15, 0.2) is 60.9 Å². The highest BCUT2D eigenvalue weighted by Gasteiger charge is 2.11. The van der Waals surface area contributed by atoms with E-state index in [1.807, 2.05) is 62.4 Å². The lowest BCUT2D eigenvalue weighted by Gasteiger charge is -2.14. The van der Waals surface area contributed by atoms with E-state index in [9.17, 15) is 0 Å². The molecular formula is C21H20N6. The second-order valence-electron chi connectivity index (χ2n) is 6.38. The van der Waals surface area contributed by atoms with Crippen molar-refractivity contribution in [3.8, 4) is 0 Å². The summed E-state index contributed by atoms with van der Waals surface area (Å²) in [5.74, 6) is 1.10. The second kappa shape index (κ2) is 6.92. The van der Waals surface area contributed by atoms with Gasteiger partial charge in [0.1, 0.15) is 12.0 Å². The summed E-state index contributed by atoms with van der Waals surface area (Å²) in [6, 6.07) is 18.0. The number of aromatic nitrogens is 3. The Morgan fingerprint density at radius 3 is 2.26 bits per heavy atom. The van der Waals surface area contributed by atoms with E-state index in [-0.39, 0.29) is 0 Å². The summed E-state index contributed by atoms with van der Waals surface area (Å²) < 4.78 is 0. The molecule has 0 radical (unpaired) electrons. The quantitative estimate of drug-likeness (QED) is 0.491. The molecule has 4 rings (SSSR count). The molecule has 6 heteroatoms. The number of benzene rings is 2. The highest BCUT2D eigenvalue weighted by atomic mass is 15.1. The maximum Gasteiger partial charge on any atom is 0.159 e. The van der Waals surface area contributed by atoms with Crippen molar-refractivity contribution in [1.82, 2.24) is 15.0 Å². The molecule has 134 valence electrons.